The van der Waals surface area contributed by atoms with Crippen LogP contribution < -0.4 is 5.32 Å². The second-order valence-electron chi connectivity index (χ2n) is 7.24. The van der Waals surface area contributed by atoms with E-state index in [-0.39, 0.29) is 12.4 Å². The van der Waals surface area contributed by atoms with Gasteiger partial charge in [-0.05, 0) is 49.4 Å². The highest BCUT2D eigenvalue weighted by Crippen LogP contribution is 2.30. The maximum Gasteiger partial charge on any atom is 0.0233 e. The van der Waals surface area contributed by atoms with E-state index in [0.717, 1.165) is 24.7 Å². The van der Waals surface area contributed by atoms with E-state index in [1.807, 2.05) is 0 Å². The third-order valence-electron chi connectivity index (χ3n) is 5.56. The van der Waals surface area contributed by atoms with Gasteiger partial charge >= 0.3 is 0 Å². The summed E-state index contributed by atoms with van der Waals surface area (Å²) < 4.78 is 0. The first-order chi connectivity index (χ1) is 11.3. The van der Waals surface area contributed by atoms with Crippen molar-refractivity contribution in [2.24, 2.45) is 0 Å². The minimum atomic E-state index is 0. The smallest absolute Gasteiger partial charge is 0.0233 e. The van der Waals surface area contributed by atoms with Crippen molar-refractivity contribution in [3.63, 3.8) is 0 Å². The van der Waals surface area contributed by atoms with Gasteiger partial charge in [-0.25, -0.2) is 0 Å². The van der Waals surface area contributed by atoms with Crippen LogP contribution in [0.25, 0.3) is 11.1 Å². The number of benzene rings is 2. The largest absolute Gasteiger partial charge is 0.311 e. The van der Waals surface area contributed by atoms with E-state index in [0.29, 0.717) is 0 Å². The number of piperidine rings is 1. The zero-order valence-electron chi connectivity index (χ0n) is 14.3. The molecule has 2 fully saturated rings. The lowest BCUT2D eigenvalue weighted by Crippen LogP contribution is -2.46. The van der Waals surface area contributed by atoms with Gasteiger partial charge in [0.05, 0.1) is 0 Å². The summed E-state index contributed by atoms with van der Waals surface area (Å²) in [5, 5.41) is 3.74. The fourth-order valence-electron chi connectivity index (χ4n) is 4.24. The van der Waals surface area contributed by atoms with Gasteiger partial charge in [-0.1, -0.05) is 54.6 Å². The number of halogens is 1. The van der Waals surface area contributed by atoms with Crippen molar-refractivity contribution in [2.45, 2.75) is 50.4 Å². The Labute approximate surface area is 151 Å². The van der Waals surface area contributed by atoms with Crippen molar-refractivity contribution >= 4 is 12.4 Å². The lowest BCUT2D eigenvalue weighted by molar-refractivity contribution is 0.166. The molecular weight excluding hydrogens is 316 g/mol. The molecule has 0 saturated carbocycles. The first-order valence-electron chi connectivity index (χ1n) is 8.88. The molecule has 2 unspecified atom stereocenters. The molecule has 2 saturated heterocycles. The first-order valence-corrected chi connectivity index (χ1v) is 8.88. The molecule has 0 aromatic heterocycles. The lowest BCUT2D eigenvalue weighted by Gasteiger charge is -2.35. The van der Waals surface area contributed by atoms with Gasteiger partial charge < -0.3 is 5.32 Å². The van der Waals surface area contributed by atoms with Gasteiger partial charge in [-0.15, -0.1) is 12.4 Å². The maximum absolute atomic E-state index is 3.74. The molecule has 0 spiro atoms. The van der Waals surface area contributed by atoms with Gasteiger partial charge in [0, 0.05) is 24.7 Å². The Morgan fingerprint density at radius 1 is 0.875 bits per heavy atom. The number of nitrogens with one attached hydrogen (secondary N) is 1. The fourth-order valence-corrected chi connectivity index (χ4v) is 4.24. The summed E-state index contributed by atoms with van der Waals surface area (Å²) in [5.41, 5.74) is 4.01. The van der Waals surface area contributed by atoms with Gasteiger partial charge in [-0.2, -0.15) is 0 Å². The number of fused-ring (bicyclic) bond motifs is 2. The molecule has 2 aliphatic rings. The minimum Gasteiger partial charge on any atom is -0.311 e. The van der Waals surface area contributed by atoms with E-state index in [9.17, 15) is 0 Å². The van der Waals surface area contributed by atoms with E-state index in [2.05, 4.69) is 71.9 Å². The van der Waals surface area contributed by atoms with Crippen LogP contribution in [0.3, 0.4) is 0 Å². The predicted octanol–water partition coefficient (Wildman–Crippen LogP) is 4.49. The van der Waals surface area contributed by atoms with E-state index in [1.54, 1.807) is 0 Å². The molecule has 3 heteroatoms. The molecule has 2 nitrogen and oxygen atoms in total. The van der Waals surface area contributed by atoms with Crippen LogP contribution in [0.2, 0.25) is 0 Å². The quantitative estimate of drug-likeness (QED) is 0.880. The highest BCUT2D eigenvalue weighted by molar-refractivity contribution is 5.85. The summed E-state index contributed by atoms with van der Waals surface area (Å²) >= 11 is 0. The first kappa shape index (κ1) is 17.5. The molecule has 0 amide bonds. The van der Waals surface area contributed by atoms with Crippen molar-refractivity contribution in [2.75, 3.05) is 7.05 Å². The van der Waals surface area contributed by atoms with Gasteiger partial charge in [0.25, 0.3) is 0 Å². The van der Waals surface area contributed by atoms with Crippen LogP contribution in [-0.2, 0) is 6.54 Å². The Morgan fingerprint density at radius 2 is 1.46 bits per heavy atom. The summed E-state index contributed by atoms with van der Waals surface area (Å²) in [7, 11) is 2.29. The Morgan fingerprint density at radius 3 is 2.08 bits per heavy atom. The van der Waals surface area contributed by atoms with Crippen LogP contribution in [0.4, 0.5) is 0 Å². The summed E-state index contributed by atoms with van der Waals surface area (Å²) in [6.07, 6.45) is 5.38. The molecule has 0 radical (unpaired) electrons. The topological polar surface area (TPSA) is 15.3 Å². The summed E-state index contributed by atoms with van der Waals surface area (Å²) in [4.78, 5) is 2.56. The van der Waals surface area contributed by atoms with Crippen LogP contribution >= 0.6 is 12.4 Å². The third kappa shape index (κ3) is 3.83. The Balaban J connectivity index is 0.00000169. The van der Waals surface area contributed by atoms with Gasteiger partial charge in [0.15, 0.2) is 0 Å². The maximum atomic E-state index is 3.74. The minimum absolute atomic E-state index is 0. The number of hydrogen-bond acceptors (Lipinski definition) is 2. The lowest BCUT2D eigenvalue weighted by atomic mass is 9.98. The molecule has 2 bridgehead atoms. The third-order valence-corrected chi connectivity index (χ3v) is 5.56. The molecule has 1 N–H and O–H groups in total. The zero-order chi connectivity index (χ0) is 15.6. The monoisotopic (exact) mass is 342 g/mol. The molecule has 4 rings (SSSR count). The second kappa shape index (κ2) is 7.69. The Bertz CT molecular complexity index is 629. The summed E-state index contributed by atoms with van der Waals surface area (Å²) in [5.74, 6) is 0. The number of hydrogen-bond donors (Lipinski definition) is 1. The van der Waals surface area contributed by atoms with E-state index in [1.165, 1.54) is 42.4 Å². The average Bonchev–Trinajstić information content (AvgIpc) is 2.94. The Kier molecular flexibility index (Phi) is 5.60. The molecule has 2 aromatic carbocycles. The molecule has 0 aliphatic carbocycles. The van der Waals surface area contributed by atoms with E-state index < -0.39 is 0 Å². The molecule has 2 aromatic rings. The van der Waals surface area contributed by atoms with Crippen molar-refractivity contribution < 1.29 is 0 Å². The van der Waals surface area contributed by atoms with Crippen LogP contribution in [-0.4, -0.2) is 30.1 Å². The Hall–Kier alpha value is -1.35. The predicted molar refractivity (Wildman–Crippen MR) is 104 cm³/mol. The van der Waals surface area contributed by atoms with Gasteiger partial charge in [0.1, 0.15) is 0 Å². The zero-order valence-corrected chi connectivity index (χ0v) is 15.1. The summed E-state index contributed by atoms with van der Waals surface area (Å²) in [6, 6.07) is 22.0. The van der Waals surface area contributed by atoms with Crippen molar-refractivity contribution in [1.29, 1.82) is 0 Å². The SMILES string of the molecule is CN(Cc1ccc(-c2ccccc2)cc1)C1CC2CCC(C1)N2.Cl. The molecule has 2 atom stereocenters. The molecule has 24 heavy (non-hydrogen) atoms. The second-order valence-corrected chi connectivity index (χ2v) is 7.24. The van der Waals surface area contributed by atoms with Crippen LogP contribution in [0, 0.1) is 0 Å². The molecule has 128 valence electrons. The van der Waals surface area contributed by atoms with Crippen LogP contribution in [0.5, 0.6) is 0 Å². The van der Waals surface area contributed by atoms with Gasteiger partial charge in [0.2, 0.25) is 0 Å². The van der Waals surface area contributed by atoms with Crippen LogP contribution in [0.1, 0.15) is 31.2 Å². The van der Waals surface area contributed by atoms with E-state index >= 15 is 0 Å². The van der Waals surface area contributed by atoms with Crippen molar-refractivity contribution in [3.8, 4) is 11.1 Å². The number of rotatable bonds is 4. The van der Waals surface area contributed by atoms with Crippen molar-refractivity contribution in [3.05, 3.63) is 60.2 Å². The normalized spacial score (nSPS) is 25.5. The van der Waals surface area contributed by atoms with Gasteiger partial charge in [-0.3, -0.25) is 4.90 Å². The summed E-state index contributed by atoms with van der Waals surface area (Å²) in [6.45, 7) is 1.05. The number of nitrogens with zero attached hydrogens (tertiary/aromatic N) is 1. The molecule has 2 aliphatic heterocycles. The fraction of sp³-hybridized carbons (Fsp3) is 0.429. The highest BCUT2D eigenvalue weighted by Gasteiger charge is 2.34. The average molecular weight is 343 g/mol. The molecular formula is C21H27ClN2. The standard InChI is InChI=1S/C21H26N2.ClH/c1-23(21-13-19-11-12-20(14-21)22-19)15-16-7-9-18(10-8-16)17-5-3-2-4-6-17;/h2-10,19-22H,11-15H2,1H3;1H. The highest BCUT2D eigenvalue weighted by atomic mass is 35.5. The molecule has 2 heterocycles. The van der Waals surface area contributed by atoms with E-state index in [4.69, 9.17) is 0 Å². The van der Waals surface area contributed by atoms with Crippen LogP contribution in [0.15, 0.2) is 54.6 Å². The van der Waals surface area contributed by atoms with Crippen molar-refractivity contribution in [1.82, 2.24) is 10.2 Å².